The lowest BCUT2D eigenvalue weighted by atomic mass is 10.1. The van der Waals surface area contributed by atoms with Gasteiger partial charge in [0.25, 0.3) is 0 Å². The molecule has 5 nitrogen and oxygen atoms in total. The van der Waals surface area contributed by atoms with Gasteiger partial charge in [-0.25, -0.2) is 0 Å². The molecule has 0 aromatic rings. The normalized spacial score (nSPS) is 9.44. The second-order valence-corrected chi connectivity index (χ2v) is 3.85. The van der Waals surface area contributed by atoms with E-state index in [2.05, 4.69) is 24.5 Å². The van der Waals surface area contributed by atoms with Crippen molar-refractivity contribution in [2.45, 2.75) is 19.8 Å². The Bertz CT molecular complexity index is 384. The molecular formula is C13H19NO4. The van der Waals surface area contributed by atoms with Crippen LogP contribution in [-0.2, 0) is 14.3 Å². The fraction of sp³-hybridized carbons (Fsp3) is 0.385. The van der Waals surface area contributed by atoms with E-state index in [1.807, 2.05) is 0 Å². The van der Waals surface area contributed by atoms with Gasteiger partial charge in [0.15, 0.2) is 0 Å². The van der Waals surface area contributed by atoms with Crippen LogP contribution in [-0.4, -0.2) is 35.6 Å². The second kappa shape index (κ2) is 7.32. The number of hydrogen-bond acceptors (Lipinski definition) is 4. The highest BCUT2D eigenvalue weighted by Crippen LogP contribution is 2.19. The van der Waals surface area contributed by atoms with Crippen LogP contribution in [0.1, 0.15) is 19.8 Å². The van der Waals surface area contributed by atoms with E-state index in [0.29, 0.717) is 17.0 Å². The van der Waals surface area contributed by atoms with Crippen molar-refractivity contribution in [2.75, 3.05) is 13.7 Å². The van der Waals surface area contributed by atoms with Crippen molar-refractivity contribution < 1.29 is 19.4 Å². The van der Waals surface area contributed by atoms with Gasteiger partial charge < -0.3 is 14.7 Å². The summed E-state index contributed by atoms with van der Waals surface area (Å²) in [6.07, 6.45) is 0.179. The topological polar surface area (TPSA) is 66.8 Å². The number of carboxylic acid groups (broad SMARTS) is 1. The van der Waals surface area contributed by atoms with E-state index >= 15 is 0 Å². The van der Waals surface area contributed by atoms with Gasteiger partial charge in [-0.1, -0.05) is 19.7 Å². The predicted molar refractivity (Wildman–Crippen MR) is 68.7 cm³/mol. The summed E-state index contributed by atoms with van der Waals surface area (Å²) in [5.74, 6) is -1.37. The lowest BCUT2D eigenvalue weighted by molar-refractivity contribution is -0.141. The average Bonchev–Trinajstić information content (AvgIpc) is 2.31. The third-order valence-corrected chi connectivity index (χ3v) is 2.34. The van der Waals surface area contributed by atoms with Crippen molar-refractivity contribution in [2.24, 2.45) is 0 Å². The van der Waals surface area contributed by atoms with Crippen molar-refractivity contribution >= 4 is 11.9 Å². The molecule has 0 saturated carbocycles. The van der Waals surface area contributed by atoms with Crippen LogP contribution in [0.25, 0.3) is 0 Å². The highest BCUT2D eigenvalue weighted by Gasteiger charge is 2.17. The Morgan fingerprint density at radius 2 is 1.78 bits per heavy atom. The molecule has 0 aliphatic carbocycles. The van der Waals surface area contributed by atoms with Crippen LogP contribution in [0.3, 0.4) is 0 Å². The first-order valence-electron chi connectivity index (χ1n) is 5.38. The van der Waals surface area contributed by atoms with Crippen LogP contribution in [0, 0.1) is 0 Å². The van der Waals surface area contributed by atoms with Gasteiger partial charge in [0.1, 0.15) is 6.54 Å². The zero-order valence-corrected chi connectivity index (χ0v) is 10.9. The Labute approximate surface area is 107 Å². The lowest BCUT2D eigenvalue weighted by Gasteiger charge is -2.27. The van der Waals surface area contributed by atoms with Crippen LogP contribution in [0.5, 0.6) is 0 Å². The minimum atomic E-state index is -0.921. The Balaban J connectivity index is 4.80. The number of esters is 1. The molecule has 0 amide bonds. The maximum atomic E-state index is 11.3. The highest BCUT2D eigenvalue weighted by atomic mass is 16.5. The highest BCUT2D eigenvalue weighted by molar-refractivity contribution is 5.72. The van der Waals surface area contributed by atoms with E-state index < -0.39 is 11.9 Å². The van der Waals surface area contributed by atoms with Gasteiger partial charge in [-0.2, -0.15) is 0 Å². The lowest BCUT2D eigenvalue weighted by Crippen LogP contribution is -2.29. The number of hydrogen-bond donors (Lipinski definition) is 1. The van der Waals surface area contributed by atoms with Gasteiger partial charge in [0, 0.05) is 11.4 Å². The minimum absolute atomic E-state index is 0.0549. The number of rotatable bonds is 8. The maximum Gasteiger partial charge on any atom is 0.325 e. The van der Waals surface area contributed by atoms with E-state index in [9.17, 15) is 9.59 Å². The van der Waals surface area contributed by atoms with E-state index in [1.165, 1.54) is 12.0 Å². The van der Waals surface area contributed by atoms with Crippen molar-refractivity contribution in [1.82, 2.24) is 4.90 Å². The third-order valence-electron chi connectivity index (χ3n) is 2.34. The summed E-state index contributed by atoms with van der Waals surface area (Å²) in [5, 5.41) is 8.63. The zero-order chi connectivity index (χ0) is 14.3. The molecule has 0 radical (unpaired) electrons. The first kappa shape index (κ1) is 16.0. The number of nitrogens with zero attached hydrogens (tertiary/aromatic N) is 1. The molecule has 0 heterocycles. The van der Waals surface area contributed by atoms with Gasteiger partial charge in [-0.3, -0.25) is 9.59 Å². The molecule has 100 valence electrons. The number of carbonyl (C=O) groups is 2. The predicted octanol–water partition coefficient (Wildman–Crippen LogP) is 1.93. The molecule has 18 heavy (non-hydrogen) atoms. The van der Waals surface area contributed by atoms with Crippen molar-refractivity contribution in [3.8, 4) is 0 Å². The molecule has 0 aromatic heterocycles. The van der Waals surface area contributed by atoms with E-state index in [-0.39, 0.29) is 19.4 Å². The molecule has 0 spiro atoms. The smallest absolute Gasteiger partial charge is 0.325 e. The van der Waals surface area contributed by atoms with Crippen molar-refractivity contribution in [1.29, 1.82) is 0 Å². The molecule has 1 N–H and O–H groups in total. The second-order valence-electron chi connectivity index (χ2n) is 3.85. The van der Waals surface area contributed by atoms with E-state index in [0.717, 1.165) is 0 Å². The van der Waals surface area contributed by atoms with Gasteiger partial charge in [0.05, 0.1) is 13.5 Å². The Kier molecular flexibility index (Phi) is 6.49. The van der Waals surface area contributed by atoms with E-state index in [4.69, 9.17) is 5.11 Å². The summed E-state index contributed by atoms with van der Waals surface area (Å²) in [6.45, 7) is 13.0. The first-order chi connectivity index (χ1) is 8.29. The quantitative estimate of drug-likeness (QED) is 0.529. The molecule has 0 aliphatic heterocycles. The number of carboxylic acids is 1. The summed E-state index contributed by atoms with van der Waals surface area (Å²) in [5.41, 5.74) is 1.70. The Morgan fingerprint density at radius 1 is 1.22 bits per heavy atom. The number of ether oxygens (including phenoxy) is 1. The van der Waals surface area contributed by atoms with Crippen LogP contribution in [0.15, 0.2) is 36.7 Å². The van der Waals surface area contributed by atoms with Gasteiger partial charge in [-0.05, 0) is 18.9 Å². The number of aliphatic carboxylic acids is 1. The molecule has 0 unspecified atom stereocenters. The Hall–Kier alpha value is -2.04. The van der Waals surface area contributed by atoms with E-state index in [1.54, 1.807) is 6.92 Å². The van der Waals surface area contributed by atoms with Crippen LogP contribution >= 0.6 is 0 Å². The molecular weight excluding hydrogens is 234 g/mol. The van der Waals surface area contributed by atoms with Crippen LogP contribution in [0.2, 0.25) is 0 Å². The van der Waals surface area contributed by atoms with Crippen LogP contribution in [0.4, 0.5) is 0 Å². The molecule has 0 rings (SSSR count). The summed E-state index contributed by atoms with van der Waals surface area (Å²) in [4.78, 5) is 23.3. The SMILES string of the molecule is C=C(C)C(=C)N(CC(=O)OC)C(=C)CCC(=O)O. The molecule has 5 heteroatoms. The maximum absolute atomic E-state index is 11.3. The fourth-order valence-corrected chi connectivity index (χ4v) is 1.21. The molecule has 0 bridgehead atoms. The summed E-state index contributed by atoms with van der Waals surface area (Å²) in [7, 11) is 1.28. The first-order valence-corrected chi connectivity index (χ1v) is 5.38. The molecule has 0 fully saturated rings. The standard InChI is InChI=1S/C13H19NO4/c1-9(2)11(4)14(8-13(17)18-5)10(3)6-7-12(15)16/h1,3-4,6-8H2,2,5H3,(H,15,16). The van der Waals surface area contributed by atoms with Gasteiger partial charge in [0.2, 0.25) is 0 Å². The minimum Gasteiger partial charge on any atom is -0.481 e. The van der Waals surface area contributed by atoms with Crippen molar-refractivity contribution in [3.05, 3.63) is 36.7 Å². The van der Waals surface area contributed by atoms with Gasteiger partial charge in [-0.15, -0.1) is 0 Å². The average molecular weight is 253 g/mol. The monoisotopic (exact) mass is 253 g/mol. The third kappa shape index (κ3) is 5.34. The van der Waals surface area contributed by atoms with Gasteiger partial charge >= 0.3 is 11.9 Å². The van der Waals surface area contributed by atoms with Crippen molar-refractivity contribution in [3.63, 3.8) is 0 Å². The fourth-order valence-electron chi connectivity index (χ4n) is 1.21. The Morgan fingerprint density at radius 3 is 2.17 bits per heavy atom. The summed E-state index contributed by atoms with van der Waals surface area (Å²) >= 11 is 0. The number of allylic oxidation sites excluding steroid dienone is 2. The summed E-state index contributed by atoms with van der Waals surface area (Å²) in [6, 6.07) is 0. The van der Waals surface area contributed by atoms with Crippen LogP contribution < -0.4 is 0 Å². The zero-order valence-electron chi connectivity index (χ0n) is 10.9. The molecule has 0 aromatic carbocycles. The largest absolute Gasteiger partial charge is 0.481 e. The number of carbonyl (C=O) groups excluding carboxylic acids is 1. The summed E-state index contributed by atoms with van der Waals surface area (Å²) < 4.78 is 4.58. The number of methoxy groups -OCH3 is 1. The molecule has 0 atom stereocenters. The molecule has 0 saturated heterocycles. The molecule has 0 aliphatic rings.